The van der Waals surface area contributed by atoms with Crippen molar-refractivity contribution >= 4 is 39.2 Å². The van der Waals surface area contributed by atoms with E-state index in [1.54, 1.807) is 11.3 Å². The number of thiophene rings is 1. The second-order valence-electron chi connectivity index (χ2n) is 5.52. The van der Waals surface area contributed by atoms with Gasteiger partial charge in [0.25, 0.3) is 0 Å². The Bertz CT molecular complexity index is 756. The minimum atomic E-state index is -1.07. The Kier molecular flexibility index (Phi) is 5.92. The molecule has 2 N–H and O–H groups in total. The zero-order valence-corrected chi connectivity index (χ0v) is 14.4. The van der Waals surface area contributed by atoms with Crippen LogP contribution < -0.4 is 5.32 Å². The molecule has 0 bridgehead atoms. The largest absolute Gasteiger partial charge is 0.480 e. The van der Waals surface area contributed by atoms with Gasteiger partial charge in [-0.3, -0.25) is 9.59 Å². The number of rotatable bonds is 7. The first kappa shape index (κ1) is 17.9. The van der Waals surface area contributed by atoms with Gasteiger partial charge in [0, 0.05) is 24.7 Å². The normalized spacial score (nSPS) is 11.9. The van der Waals surface area contributed by atoms with Crippen LogP contribution in [0.2, 0.25) is 0 Å². The van der Waals surface area contributed by atoms with E-state index in [1.807, 2.05) is 29.6 Å². The first-order chi connectivity index (χ1) is 11.4. The second kappa shape index (κ2) is 7.92. The molecule has 0 aliphatic heterocycles. The SMILES string of the molecule is CC(=O)NCCN(C(=O)Cc1csc2ccccc12)C(C)C(=O)O. The Morgan fingerprint density at radius 1 is 1.29 bits per heavy atom. The summed E-state index contributed by atoms with van der Waals surface area (Å²) in [6, 6.07) is 6.85. The lowest BCUT2D eigenvalue weighted by Crippen LogP contribution is -2.47. The highest BCUT2D eigenvalue weighted by molar-refractivity contribution is 7.17. The molecule has 1 aromatic carbocycles. The highest BCUT2D eigenvalue weighted by Gasteiger charge is 2.25. The quantitative estimate of drug-likeness (QED) is 0.800. The first-order valence-corrected chi connectivity index (χ1v) is 8.50. The smallest absolute Gasteiger partial charge is 0.326 e. The molecule has 2 amide bonds. The number of carbonyl (C=O) groups is 3. The summed E-state index contributed by atoms with van der Waals surface area (Å²) in [6.45, 7) is 3.24. The van der Waals surface area contributed by atoms with Gasteiger partial charge in [-0.25, -0.2) is 4.79 Å². The van der Waals surface area contributed by atoms with Crippen molar-refractivity contribution in [3.63, 3.8) is 0 Å². The van der Waals surface area contributed by atoms with Gasteiger partial charge in [-0.2, -0.15) is 0 Å². The molecule has 0 aliphatic rings. The number of hydrogen-bond donors (Lipinski definition) is 2. The maximum Gasteiger partial charge on any atom is 0.326 e. The highest BCUT2D eigenvalue weighted by atomic mass is 32.1. The zero-order chi connectivity index (χ0) is 17.7. The molecule has 1 atom stereocenters. The third-order valence-electron chi connectivity index (χ3n) is 3.77. The van der Waals surface area contributed by atoms with Gasteiger partial charge in [-0.05, 0) is 29.3 Å². The summed E-state index contributed by atoms with van der Waals surface area (Å²) in [5.41, 5.74) is 0.891. The molecule has 0 aliphatic carbocycles. The van der Waals surface area contributed by atoms with Gasteiger partial charge >= 0.3 is 5.97 Å². The summed E-state index contributed by atoms with van der Waals surface area (Å²) in [7, 11) is 0. The topological polar surface area (TPSA) is 86.7 Å². The highest BCUT2D eigenvalue weighted by Crippen LogP contribution is 2.26. The Morgan fingerprint density at radius 3 is 2.67 bits per heavy atom. The fourth-order valence-corrected chi connectivity index (χ4v) is 3.42. The van der Waals surface area contributed by atoms with Gasteiger partial charge in [0.15, 0.2) is 0 Å². The third-order valence-corrected chi connectivity index (χ3v) is 4.79. The van der Waals surface area contributed by atoms with Gasteiger partial charge in [0.05, 0.1) is 6.42 Å². The van der Waals surface area contributed by atoms with E-state index in [4.69, 9.17) is 0 Å². The first-order valence-electron chi connectivity index (χ1n) is 7.62. The van der Waals surface area contributed by atoms with E-state index < -0.39 is 12.0 Å². The number of aliphatic carboxylic acids is 1. The van der Waals surface area contributed by atoms with E-state index in [-0.39, 0.29) is 31.3 Å². The molecule has 128 valence electrons. The van der Waals surface area contributed by atoms with Crippen molar-refractivity contribution < 1.29 is 19.5 Å². The lowest BCUT2D eigenvalue weighted by molar-refractivity contribution is -0.149. The lowest BCUT2D eigenvalue weighted by atomic mass is 10.1. The van der Waals surface area contributed by atoms with Crippen molar-refractivity contribution in [1.29, 1.82) is 0 Å². The molecule has 0 saturated heterocycles. The van der Waals surface area contributed by atoms with E-state index in [0.29, 0.717) is 0 Å². The van der Waals surface area contributed by atoms with Crippen LogP contribution in [0, 0.1) is 0 Å². The number of carboxylic acids is 1. The average Bonchev–Trinajstić information content (AvgIpc) is 2.93. The molecule has 0 radical (unpaired) electrons. The van der Waals surface area contributed by atoms with E-state index in [1.165, 1.54) is 18.7 Å². The molecule has 0 saturated carbocycles. The standard InChI is InChI=1S/C17H20N2O4S/c1-11(17(22)23)19(8-7-18-12(2)20)16(21)9-13-10-24-15-6-4-3-5-14(13)15/h3-6,10-11H,7-9H2,1-2H3,(H,18,20)(H,22,23). The molecule has 1 unspecified atom stereocenters. The minimum absolute atomic E-state index is 0.141. The zero-order valence-electron chi connectivity index (χ0n) is 13.6. The van der Waals surface area contributed by atoms with Crippen molar-refractivity contribution in [1.82, 2.24) is 10.2 Å². The van der Waals surface area contributed by atoms with Gasteiger partial charge in [-0.15, -0.1) is 11.3 Å². The summed E-state index contributed by atoms with van der Waals surface area (Å²) < 4.78 is 1.09. The number of benzene rings is 1. The molecule has 7 heteroatoms. The van der Waals surface area contributed by atoms with E-state index >= 15 is 0 Å². The fraction of sp³-hybridized carbons (Fsp3) is 0.353. The van der Waals surface area contributed by atoms with Crippen LogP contribution in [0.1, 0.15) is 19.4 Å². The molecule has 0 spiro atoms. The molecular weight excluding hydrogens is 328 g/mol. The van der Waals surface area contributed by atoms with Crippen molar-refractivity contribution in [3.05, 3.63) is 35.2 Å². The van der Waals surface area contributed by atoms with Gasteiger partial charge in [0.1, 0.15) is 6.04 Å². The van der Waals surface area contributed by atoms with Gasteiger partial charge in [0.2, 0.25) is 11.8 Å². The number of nitrogens with zero attached hydrogens (tertiary/aromatic N) is 1. The van der Waals surface area contributed by atoms with Crippen LogP contribution in [0.5, 0.6) is 0 Å². The maximum atomic E-state index is 12.6. The van der Waals surface area contributed by atoms with Gasteiger partial charge < -0.3 is 15.3 Å². The van der Waals surface area contributed by atoms with Crippen LogP contribution >= 0.6 is 11.3 Å². The summed E-state index contributed by atoms with van der Waals surface area (Å²) >= 11 is 1.56. The summed E-state index contributed by atoms with van der Waals surface area (Å²) in [5.74, 6) is -1.55. The van der Waals surface area contributed by atoms with E-state index in [9.17, 15) is 19.5 Å². The van der Waals surface area contributed by atoms with Crippen LogP contribution in [0.3, 0.4) is 0 Å². The van der Waals surface area contributed by atoms with E-state index in [0.717, 1.165) is 15.6 Å². The lowest BCUT2D eigenvalue weighted by Gasteiger charge is -2.26. The predicted molar refractivity (Wildman–Crippen MR) is 93.0 cm³/mol. The molecule has 24 heavy (non-hydrogen) atoms. The van der Waals surface area contributed by atoms with Crippen LogP contribution in [0.25, 0.3) is 10.1 Å². The van der Waals surface area contributed by atoms with Crippen molar-refractivity contribution in [3.8, 4) is 0 Å². The predicted octanol–water partition coefficient (Wildman–Crippen LogP) is 1.88. The Morgan fingerprint density at radius 2 is 2.00 bits per heavy atom. The number of nitrogens with one attached hydrogen (secondary N) is 1. The van der Waals surface area contributed by atoms with Crippen molar-refractivity contribution in [2.45, 2.75) is 26.3 Å². The van der Waals surface area contributed by atoms with Crippen molar-refractivity contribution in [2.75, 3.05) is 13.1 Å². The number of carbonyl (C=O) groups excluding carboxylic acids is 2. The number of fused-ring (bicyclic) bond motifs is 1. The van der Waals surface area contributed by atoms with Crippen LogP contribution in [0.15, 0.2) is 29.6 Å². The third kappa shape index (κ3) is 4.32. The monoisotopic (exact) mass is 348 g/mol. The minimum Gasteiger partial charge on any atom is -0.480 e. The second-order valence-corrected chi connectivity index (χ2v) is 6.43. The fourth-order valence-electron chi connectivity index (χ4n) is 2.45. The number of amides is 2. The molecular formula is C17H20N2O4S. The van der Waals surface area contributed by atoms with Crippen LogP contribution in [-0.4, -0.2) is 46.9 Å². The van der Waals surface area contributed by atoms with Gasteiger partial charge in [-0.1, -0.05) is 18.2 Å². The Labute approximate surface area is 144 Å². The number of carboxylic acid groups (broad SMARTS) is 1. The van der Waals surface area contributed by atoms with Crippen LogP contribution in [0.4, 0.5) is 0 Å². The molecule has 1 heterocycles. The summed E-state index contributed by atoms with van der Waals surface area (Å²) in [4.78, 5) is 36.2. The molecule has 6 nitrogen and oxygen atoms in total. The molecule has 1 aromatic heterocycles. The number of hydrogen-bond acceptors (Lipinski definition) is 4. The van der Waals surface area contributed by atoms with Crippen molar-refractivity contribution in [2.24, 2.45) is 0 Å². The Balaban J connectivity index is 2.14. The van der Waals surface area contributed by atoms with E-state index in [2.05, 4.69) is 5.32 Å². The maximum absolute atomic E-state index is 12.6. The molecule has 0 fully saturated rings. The average molecular weight is 348 g/mol. The molecule has 2 rings (SSSR count). The summed E-state index contributed by atoms with van der Waals surface area (Å²) in [6.07, 6.45) is 0.141. The van der Waals surface area contributed by atoms with Crippen LogP contribution in [-0.2, 0) is 20.8 Å². The Hall–Kier alpha value is -2.41. The molecule has 2 aromatic rings. The summed E-state index contributed by atoms with van der Waals surface area (Å²) in [5, 5.41) is 14.8.